The van der Waals surface area contributed by atoms with Crippen molar-refractivity contribution in [3.8, 4) is 5.95 Å². The number of pyridine rings is 1. The molecule has 0 atom stereocenters. The first kappa shape index (κ1) is 8.90. The fourth-order valence-corrected chi connectivity index (χ4v) is 1.46. The molecule has 0 unspecified atom stereocenters. The molecule has 0 spiro atoms. The molecule has 0 aliphatic carbocycles. The highest BCUT2D eigenvalue weighted by Crippen LogP contribution is 2.11. The quantitative estimate of drug-likeness (QED) is 0.599. The van der Waals surface area contributed by atoms with Crippen molar-refractivity contribution in [3.05, 3.63) is 36.4 Å². The van der Waals surface area contributed by atoms with Crippen molar-refractivity contribution >= 4 is 11.0 Å². The van der Waals surface area contributed by atoms with E-state index in [0.717, 1.165) is 16.7 Å². The average Bonchev–Trinajstić information content (AvgIpc) is 2.72. The topological polar surface area (TPSA) is 69.4 Å². The number of nitrogens with zero attached hydrogens (tertiary/aromatic N) is 6. The Hall–Kier alpha value is -2.37. The Kier molecular flexibility index (Phi) is 1.86. The summed E-state index contributed by atoms with van der Waals surface area (Å²) in [4.78, 5) is 12.4. The summed E-state index contributed by atoms with van der Waals surface area (Å²) < 4.78 is 1.60. The largest absolute Gasteiger partial charge is 0.262 e. The van der Waals surface area contributed by atoms with Crippen LogP contribution in [0.1, 0.15) is 5.69 Å². The first-order valence-electron chi connectivity index (χ1n) is 4.80. The zero-order chi connectivity index (χ0) is 11.0. The van der Waals surface area contributed by atoms with E-state index in [0.29, 0.717) is 5.95 Å². The fourth-order valence-electron chi connectivity index (χ4n) is 1.46. The molecule has 0 bridgehead atoms. The molecule has 0 aliphatic rings. The number of aromatic nitrogens is 6. The molecule has 0 N–H and O–H groups in total. The lowest BCUT2D eigenvalue weighted by Gasteiger charge is -1.99. The van der Waals surface area contributed by atoms with Crippen LogP contribution in [0.4, 0.5) is 0 Å². The van der Waals surface area contributed by atoms with Gasteiger partial charge in [0.2, 0.25) is 0 Å². The van der Waals surface area contributed by atoms with E-state index in [1.54, 1.807) is 23.3 Å². The van der Waals surface area contributed by atoms with E-state index in [4.69, 9.17) is 0 Å². The van der Waals surface area contributed by atoms with Gasteiger partial charge in [0.15, 0.2) is 0 Å². The zero-order valence-electron chi connectivity index (χ0n) is 8.57. The molecule has 0 saturated carbocycles. The SMILES string of the molecule is Cc1ccnc(-n2nnc3cnccc32)n1. The van der Waals surface area contributed by atoms with Gasteiger partial charge in [0.05, 0.1) is 6.20 Å². The lowest BCUT2D eigenvalue weighted by Crippen LogP contribution is -2.03. The molecule has 3 aromatic heterocycles. The highest BCUT2D eigenvalue weighted by Gasteiger charge is 2.07. The van der Waals surface area contributed by atoms with Crippen molar-refractivity contribution in [2.45, 2.75) is 6.92 Å². The third-order valence-electron chi connectivity index (χ3n) is 2.22. The van der Waals surface area contributed by atoms with Crippen molar-refractivity contribution in [1.82, 2.24) is 29.9 Å². The molecule has 3 heterocycles. The van der Waals surface area contributed by atoms with E-state index in [-0.39, 0.29) is 0 Å². The van der Waals surface area contributed by atoms with Crippen LogP contribution < -0.4 is 0 Å². The minimum Gasteiger partial charge on any atom is -0.262 e. The Bertz CT molecular complexity index is 644. The van der Waals surface area contributed by atoms with Gasteiger partial charge in [0.25, 0.3) is 5.95 Å². The van der Waals surface area contributed by atoms with E-state index < -0.39 is 0 Å². The van der Waals surface area contributed by atoms with Gasteiger partial charge in [-0.3, -0.25) is 4.98 Å². The Balaban J connectivity index is 2.26. The number of rotatable bonds is 1. The maximum absolute atomic E-state index is 4.29. The van der Waals surface area contributed by atoms with E-state index in [1.165, 1.54) is 0 Å². The normalized spacial score (nSPS) is 10.8. The van der Waals surface area contributed by atoms with Crippen LogP contribution in [0.3, 0.4) is 0 Å². The molecule has 0 saturated heterocycles. The van der Waals surface area contributed by atoms with Gasteiger partial charge in [-0.15, -0.1) is 5.10 Å². The average molecular weight is 212 g/mol. The minimum absolute atomic E-state index is 0.522. The first-order chi connectivity index (χ1) is 7.84. The smallest absolute Gasteiger partial charge is 0.252 e. The van der Waals surface area contributed by atoms with E-state index in [9.17, 15) is 0 Å². The lowest BCUT2D eigenvalue weighted by molar-refractivity contribution is 0.769. The Morgan fingerprint density at radius 3 is 3.00 bits per heavy atom. The van der Waals surface area contributed by atoms with Crippen LogP contribution in [0.15, 0.2) is 30.7 Å². The fraction of sp³-hybridized carbons (Fsp3) is 0.100. The number of fused-ring (bicyclic) bond motifs is 1. The molecule has 3 aromatic rings. The van der Waals surface area contributed by atoms with Gasteiger partial charge >= 0.3 is 0 Å². The highest BCUT2D eigenvalue weighted by molar-refractivity contribution is 5.73. The Labute approximate surface area is 91.0 Å². The molecule has 0 aliphatic heterocycles. The van der Waals surface area contributed by atoms with Gasteiger partial charge in [0, 0.05) is 18.1 Å². The molecular formula is C10H8N6. The van der Waals surface area contributed by atoms with Crippen molar-refractivity contribution in [2.24, 2.45) is 0 Å². The third kappa shape index (κ3) is 1.31. The van der Waals surface area contributed by atoms with E-state index in [2.05, 4.69) is 25.3 Å². The number of hydrogen-bond donors (Lipinski definition) is 0. The van der Waals surface area contributed by atoms with Gasteiger partial charge in [-0.2, -0.15) is 4.68 Å². The van der Waals surface area contributed by atoms with Gasteiger partial charge in [-0.25, -0.2) is 9.97 Å². The molecule has 16 heavy (non-hydrogen) atoms. The molecule has 0 aromatic carbocycles. The van der Waals surface area contributed by atoms with E-state index in [1.807, 2.05) is 19.1 Å². The van der Waals surface area contributed by atoms with Crippen LogP contribution in [-0.2, 0) is 0 Å². The molecular weight excluding hydrogens is 204 g/mol. The maximum atomic E-state index is 4.29. The van der Waals surface area contributed by atoms with Crippen molar-refractivity contribution in [2.75, 3.05) is 0 Å². The minimum atomic E-state index is 0.522. The summed E-state index contributed by atoms with van der Waals surface area (Å²) >= 11 is 0. The van der Waals surface area contributed by atoms with Gasteiger partial charge in [0.1, 0.15) is 11.0 Å². The van der Waals surface area contributed by atoms with Crippen LogP contribution >= 0.6 is 0 Å². The molecule has 0 fully saturated rings. The van der Waals surface area contributed by atoms with Crippen LogP contribution in [0.25, 0.3) is 17.0 Å². The van der Waals surface area contributed by atoms with Crippen LogP contribution in [0.2, 0.25) is 0 Å². The van der Waals surface area contributed by atoms with Crippen molar-refractivity contribution in [3.63, 3.8) is 0 Å². The summed E-state index contributed by atoms with van der Waals surface area (Å²) in [5, 5.41) is 8.00. The predicted octanol–water partition coefficient (Wildman–Crippen LogP) is 0.914. The summed E-state index contributed by atoms with van der Waals surface area (Å²) in [7, 11) is 0. The van der Waals surface area contributed by atoms with Crippen LogP contribution in [-0.4, -0.2) is 29.9 Å². The van der Waals surface area contributed by atoms with E-state index >= 15 is 0 Å². The molecule has 0 radical (unpaired) electrons. The van der Waals surface area contributed by atoms with Crippen molar-refractivity contribution in [1.29, 1.82) is 0 Å². The number of hydrogen-bond acceptors (Lipinski definition) is 5. The zero-order valence-corrected chi connectivity index (χ0v) is 8.57. The third-order valence-corrected chi connectivity index (χ3v) is 2.22. The molecule has 78 valence electrons. The number of aryl methyl sites for hydroxylation is 1. The molecule has 6 nitrogen and oxygen atoms in total. The summed E-state index contributed by atoms with van der Waals surface area (Å²) in [5.41, 5.74) is 2.47. The maximum Gasteiger partial charge on any atom is 0.252 e. The van der Waals surface area contributed by atoms with Gasteiger partial charge in [-0.05, 0) is 19.1 Å². The second kappa shape index (κ2) is 3.34. The highest BCUT2D eigenvalue weighted by atomic mass is 15.5. The van der Waals surface area contributed by atoms with Crippen molar-refractivity contribution < 1.29 is 0 Å². The predicted molar refractivity (Wildman–Crippen MR) is 57.0 cm³/mol. The Morgan fingerprint density at radius 2 is 2.12 bits per heavy atom. The molecule has 0 amide bonds. The second-order valence-electron chi connectivity index (χ2n) is 3.36. The summed E-state index contributed by atoms with van der Waals surface area (Å²) in [6.45, 7) is 1.91. The molecule has 6 heteroatoms. The van der Waals surface area contributed by atoms with Crippen LogP contribution in [0, 0.1) is 6.92 Å². The Morgan fingerprint density at radius 1 is 1.19 bits per heavy atom. The monoisotopic (exact) mass is 212 g/mol. The first-order valence-corrected chi connectivity index (χ1v) is 4.80. The second-order valence-corrected chi connectivity index (χ2v) is 3.36. The van der Waals surface area contributed by atoms with Crippen LogP contribution in [0.5, 0.6) is 0 Å². The van der Waals surface area contributed by atoms with Gasteiger partial charge in [-0.1, -0.05) is 5.21 Å². The van der Waals surface area contributed by atoms with Gasteiger partial charge < -0.3 is 0 Å². The summed E-state index contributed by atoms with van der Waals surface area (Å²) in [6, 6.07) is 3.67. The summed E-state index contributed by atoms with van der Waals surface area (Å²) in [6.07, 6.45) is 5.05. The lowest BCUT2D eigenvalue weighted by atomic mass is 10.4. The summed E-state index contributed by atoms with van der Waals surface area (Å²) in [5.74, 6) is 0.522. The molecule has 3 rings (SSSR count). The standard InChI is InChI=1S/C10H8N6/c1-7-2-5-12-10(13-7)16-9-3-4-11-6-8(9)14-15-16/h2-6H,1H3.